The van der Waals surface area contributed by atoms with Gasteiger partial charge in [-0.3, -0.25) is 14.6 Å². The fourth-order valence-electron chi connectivity index (χ4n) is 2.44. The number of benzene rings is 1. The van der Waals surface area contributed by atoms with Gasteiger partial charge in [0.15, 0.2) is 0 Å². The van der Waals surface area contributed by atoms with Gasteiger partial charge in [-0.1, -0.05) is 6.07 Å². The molecular formula is C18H17N3O3. The van der Waals surface area contributed by atoms with Crippen LogP contribution in [0.2, 0.25) is 0 Å². The highest BCUT2D eigenvalue weighted by molar-refractivity contribution is 5.97. The van der Waals surface area contributed by atoms with Gasteiger partial charge < -0.3 is 15.0 Å². The van der Waals surface area contributed by atoms with Crippen molar-refractivity contribution in [3.05, 3.63) is 70.3 Å². The summed E-state index contributed by atoms with van der Waals surface area (Å²) < 4.78 is 5.13. The number of H-pyrrole nitrogens is 1. The van der Waals surface area contributed by atoms with Crippen LogP contribution in [0.5, 0.6) is 5.75 Å². The van der Waals surface area contributed by atoms with Crippen LogP contribution in [0.3, 0.4) is 0 Å². The molecule has 0 saturated carbocycles. The standard InChI is InChI=1S/C18H17N3O3/c1-24-13-5-6-16-14(10-13)17(22)15(11-21-16)18(23)20-9-7-12-4-2-3-8-19-12/h2-6,8,10-11H,7,9H2,1H3,(H,20,23)(H,21,22). The van der Waals surface area contributed by atoms with Crippen molar-refractivity contribution in [1.82, 2.24) is 15.3 Å². The fraction of sp³-hybridized carbons (Fsp3) is 0.167. The number of aromatic amines is 1. The second kappa shape index (κ2) is 6.95. The lowest BCUT2D eigenvalue weighted by molar-refractivity contribution is 0.0953. The van der Waals surface area contributed by atoms with Crippen molar-refractivity contribution in [3.63, 3.8) is 0 Å². The first-order valence-electron chi connectivity index (χ1n) is 7.56. The molecule has 0 unspecified atom stereocenters. The molecule has 3 aromatic rings. The highest BCUT2D eigenvalue weighted by atomic mass is 16.5. The molecule has 3 rings (SSSR count). The van der Waals surface area contributed by atoms with E-state index in [4.69, 9.17) is 4.74 Å². The first-order valence-corrected chi connectivity index (χ1v) is 7.56. The van der Waals surface area contributed by atoms with Gasteiger partial charge in [0.05, 0.1) is 7.11 Å². The second-order valence-corrected chi connectivity index (χ2v) is 5.27. The molecule has 0 spiro atoms. The van der Waals surface area contributed by atoms with Crippen molar-refractivity contribution < 1.29 is 9.53 Å². The molecule has 2 N–H and O–H groups in total. The van der Waals surface area contributed by atoms with Gasteiger partial charge in [-0.05, 0) is 30.3 Å². The average molecular weight is 323 g/mol. The van der Waals surface area contributed by atoms with Crippen molar-refractivity contribution in [2.24, 2.45) is 0 Å². The van der Waals surface area contributed by atoms with Gasteiger partial charge in [-0.25, -0.2) is 0 Å². The Hall–Kier alpha value is -3.15. The molecule has 122 valence electrons. The predicted octanol–water partition coefficient (Wildman–Crippen LogP) is 1.90. The smallest absolute Gasteiger partial charge is 0.256 e. The number of pyridine rings is 2. The molecule has 0 aliphatic carbocycles. The molecule has 2 aromatic heterocycles. The first kappa shape index (κ1) is 15.7. The minimum absolute atomic E-state index is 0.0803. The molecule has 0 radical (unpaired) electrons. The van der Waals surface area contributed by atoms with E-state index in [9.17, 15) is 9.59 Å². The third-order valence-corrected chi connectivity index (χ3v) is 3.73. The van der Waals surface area contributed by atoms with Crippen LogP contribution < -0.4 is 15.5 Å². The Kier molecular flexibility index (Phi) is 4.56. The van der Waals surface area contributed by atoms with Crippen molar-refractivity contribution in [2.45, 2.75) is 6.42 Å². The Balaban J connectivity index is 1.77. The number of aromatic nitrogens is 2. The van der Waals surface area contributed by atoms with Crippen LogP contribution in [0.4, 0.5) is 0 Å². The summed E-state index contributed by atoms with van der Waals surface area (Å²) in [4.78, 5) is 32.0. The van der Waals surface area contributed by atoms with Crippen LogP contribution in [0.25, 0.3) is 10.9 Å². The Morgan fingerprint density at radius 2 is 2.17 bits per heavy atom. The number of hydrogen-bond acceptors (Lipinski definition) is 4. The molecule has 0 saturated heterocycles. The summed E-state index contributed by atoms with van der Waals surface area (Å²) in [7, 11) is 1.53. The maximum absolute atomic E-state index is 12.5. The molecule has 24 heavy (non-hydrogen) atoms. The van der Waals surface area contributed by atoms with E-state index in [-0.39, 0.29) is 11.0 Å². The SMILES string of the molecule is COc1ccc2[nH]cc(C(=O)NCCc3ccccn3)c(=O)c2c1. The van der Waals surface area contributed by atoms with Gasteiger partial charge in [0.25, 0.3) is 5.91 Å². The zero-order valence-electron chi connectivity index (χ0n) is 13.2. The molecule has 0 bridgehead atoms. The van der Waals surface area contributed by atoms with E-state index in [1.807, 2.05) is 18.2 Å². The van der Waals surface area contributed by atoms with Crippen molar-refractivity contribution in [2.75, 3.05) is 13.7 Å². The minimum Gasteiger partial charge on any atom is -0.497 e. The minimum atomic E-state index is -0.406. The largest absolute Gasteiger partial charge is 0.497 e. The quantitative estimate of drug-likeness (QED) is 0.751. The van der Waals surface area contributed by atoms with E-state index in [1.165, 1.54) is 13.3 Å². The van der Waals surface area contributed by atoms with E-state index in [1.54, 1.807) is 24.4 Å². The summed E-state index contributed by atoms with van der Waals surface area (Å²) >= 11 is 0. The number of carbonyl (C=O) groups excluding carboxylic acids is 1. The van der Waals surface area contributed by atoms with Crippen LogP contribution in [0.15, 0.2) is 53.6 Å². The maximum Gasteiger partial charge on any atom is 0.256 e. The predicted molar refractivity (Wildman–Crippen MR) is 91.4 cm³/mol. The zero-order chi connectivity index (χ0) is 16.9. The third-order valence-electron chi connectivity index (χ3n) is 3.73. The summed E-state index contributed by atoms with van der Waals surface area (Å²) in [5.74, 6) is 0.164. The van der Waals surface area contributed by atoms with Gasteiger partial charge >= 0.3 is 0 Å². The van der Waals surface area contributed by atoms with E-state index < -0.39 is 5.91 Å². The molecule has 2 heterocycles. The number of methoxy groups -OCH3 is 1. The maximum atomic E-state index is 12.5. The second-order valence-electron chi connectivity index (χ2n) is 5.27. The topological polar surface area (TPSA) is 84.1 Å². The normalized spacial score (nSPS) is 10.5. The number of fused-ring (bicyclic) bond motifs is 1. The molecular weight excluding hydrogens is 306 g/mol. The van der Waals surface area contributed by atoms with Crippen LogP contribution in [-0.2, 0) is 6.42 Å². The molecule has 0 aliphatic heterocycles. The number of rotatable bonds is 5. The third kappa shape index (κ3) is 3.27. The average Bonchev–Trinajstić information content (AvgIpc) is 2.62. The molecule has 1 aromatic carbocycles. The van der Waals surface area contributed by atoms with Crippen LogP contribution in [0.1, 0.15) is 16.1 Å². The van der Waals surface area contributed by atoms with Gasteiger partial charge in [0, 0.05) is 42.0 Å². The van der Waals surface area contributed by atoms with Crippen LogP contribution in [0, 0.1) is 0 Å². The number of nitrogens with one attached hydrogen (secondary N) is 2. The number of nitrogens with zero attached hydrogens (tertiary/aromatic N) is 1. The molecule has 0 atom stereocenters. The molecule has 1 amide bonds. The molecule has 0 fully saturated rings. The number of carbonyl (C=O) groups is 1. The highest BCUT2D eigenvalue weighted by Crippen LogP contribution is 2.16. The van der Waals surface area contributed by atoms with Crippen molar-refractivity contribution >= 4 is 16.8 Å². The van der Waals surface area contributed by atoms with Crippen molar-refractivity contribution in [1.29, 1.82) is 0 Å². The lowest BCUT2D eigenvalue weighted by atomic mass is 10.1. The lowest BCUT2D eigenvalue weighted by Gasteiger charge is -2.07. The molecule has 0 aliphatic rings. The number of hydrogen-bond donors (Lipinski definition) is 2. The van der Waals surface area contributed by atoms with E-state index >= 15 is 0 Å². The monoisotopic (exact) mass is 323 g/mol. The summed E-state index contributed by atoms with van der Waals surface area (Å²) in [6.07, 6.45) is 3.75. The van der Waals surface area contributed by atoms with Crippen LogP contribution in [-0.4, -0.2) is 29.5 Å². The lowest BCUT2D eigenvalue weighted by Crippen LogP contribution is -2.30. The van der Waals surface area contributed by atoms with Gasteiger partial charge in [0.2, 0.25) is 5.43 Å². The number of amides is 1. The highest BCUT2D eigenvalue weighted by Gasteiger charge is 2.13. The fourth-order valence-corrected chi connectivity index (χ4v) is 2.44. The van der Waals surface area contributed by atoms with E-state index in [2.05, 4.69) is 15.3 Å². The zero-order valence-corrected chi connectivity index (χ0v) is 13.2. The van der Waals surface area contributed by atoms with E-state index in [0.29, 0.717) is 29.6 Å². The summed E-state index contributed by atoms with van der Waals surface area (Å²) in [5, 5.41) is 3.17. The summed E-state index contributed by atoms with van der Waals surface area (Å²) in [5.41, 5.74) is 1.30. The Morgan fingerprint density at radius 3 is 2.92 bits per heavy atom. The van der Waals surface area contributed by atoms with Crippen molar-refractivity contribution in [3.8, 4) is 5.75 Å². The van der Waals surface area contributed by atoms with Gasteiger partial charge in [-0.15, -0.1) is 0 Å². The summed E-state index contributed by atoms with van der Waals surface area (Å²) in [6, 6.07) is 10.7. The van der Waals surface area contributed by atoms with Gasteiger partial charge in [0.1, 0.15) is 11.3 Å². The Morgan fingerprint density at radius 1 is 1.29 bits per heavy atom. The molecule has 6 heteroatoms. The summed E-state index contributed by atoms with van der Waals surface area (Å²) in [6.45, 7) is 0.408. The Bertz CT molecular complexity index is 920. The Labute approximate surface area is 138 Å². The first-order chi connectivity index (χ1) is 11.7. The van der Waals surface area contributed by atoms with Gasteiger partial charge in [-0.2, -0.15) is 0 Å². The molecule has 6 nitrogen and oxygen atoms in total. The van der Waals surface area contributed by atoms with E-state index in [0.717, 1.165) is 5.69 Å². The van der Waals surface area contributed by atoms with Crippen LogP contribution >= 0.6 is 0 Å². The number of ether oxygens (including phenoxy) is 1.